The Bertz CT molecular complexity index is 1180. The lowest BCUT2D eigenvalue weighted by atomic mass is 10.2. The van der Waals surface area contributed by atoms with Gasteiger partial charge in [-0.3, -0.25) is 14.5 Å². The van der Waals surface area contributed by atoms with Gasteiger partial charge in [0.05, 0.1) is 20.4 Å². The Labute approximate surface area is 205 Å². The van der Waals surface area contributed by atoms with Crippen LogP contribution in [0.25, 0.3) is 6.08 Å². The summed E-state index contributed by atoms with van der Waals surface area (Å²) in [5, 5.41) is -0.355. The first-order chi connectivity index (χ1) is 15.4. The third-order valence-electron chi connectivity index (χ3n) is 4.67. The van der Waals surface area contributed by atoms with E-state index < -0.39 is 0 Å². The van der Waals surface area contributed by atoms with E-state index in [1.807, 2.05) is 42.5 Å². The molecule has 0 bridgehead atoms. The highest BCUT2D eigenvalue weighted by Crippen LogP contribution is 2.38. The molecule has 1 aliphatic heterocycles. The molecule has 1 saturated heterocycles. The Balaban J connectivity index is 1.50. The minimum Gasteiger partial charge on any atom is -0.487 e. The zero-order chi connectivity index (χ0) is 22.7. The summed E-state index contributed by atoms with van der Waals surface area (Å²) < 4.78 is 20.5. The van der Waals surface area contributed by atoms with Crippen LogP contribution in [0.2, 0.25) is 0 Å². The van der Waals surface area contributed by atoms with E-state index in [1.54, 1.807) is 18.2 Å². The van der Waals surface area contributed by atoms with E-state index >= 15 is 0 Å². The van der Waals surface area contributed by atoms with Gasteiger partial charge >= 0.3 is 0 Å². The predicted molar refractivity (Wildman–Crippen MR) is 131 cm³/mol. The molecule has 1 fully saturated rings. The monoisotopic (exact) mass is 575 g/mol. The van der Waals surface area contributed by atoms with E-state index in [1.165, 1.54) is 12.1 Å². The van der Waals surface area contributed by atoms with Crippen molar-refractivity contribution in [1.82, 2.24) is 4.90 Å². The fourth-order valence-electron chi connectivity index (χ4n) is 3.09. The summed E-state index contributed by atoms with van der Waals surface area (Å²) in [4.78, 5) is 26.6. The highest BCUT2D eigenvalue weighted by atomic mass is 79.9. The molecule has 0 N–H and O–H groups in total. The summed E-state index contributed by atoms with van der Waals surface area (Å²) in [7, 11) is 0. The van der Waals surface area contributed by atoms with Crippen molar-refractivity contribution in [3.63, 3.8) is 0 Å². The molecular formula is C24H16Br2FNO3S. The number of carbonyl (C=O) groups excluding carboxylic acids is 2. The largest absolute Gasteiger partial charge is 0.487 e. The van der Waals surface area contributed by atoms with Gasteiger partial charge in [0.1, 0.15) is 18.2 Å². The molecule has 0 atom stereocenters. The second kappa shape index (κ2) is 10.0. The Morgan fingerprint density at radius 3 is 2.25 bits per heavy atom. The van der Waals surface area contributed by atoms with Crippen LogP contribution in [0.1, 0.15) is 16.7 Å². The van der Waals surface area contributed by atoms with Crippen molar-refractivity contribution in [3.8, 4) is 5.75 Å². The molecular weight excluding hydrogens is 561 g/mol. The van der Waals surface area contributed by atoms with Gasteiger partial charge < -0.3 is 4.74 Å². The van der Waals surface area contributed by atoms with Crippen LogP contribution in [0.3, 0.4) is 0 Å². The molecule has 162 valence electrons. The fourth-order valence-corrected chi connectivity index (χ4v) is 5.38. The average molecular weight is 577 g/mol. The fraction of sp³-hybridized carbons (Fsp3) is 0.0833. The summed E-state index contributed by atoms with van der Waals surface area (Å²) in [6.45, 7) is 0.515. The number of benzene rings is 3. The van der Waals surface area contributed by atoms with E-state index in [0.717, 1.165) is 36.7 Å². The smallest absolute Gasteiger partial charge is 0.293 e. The molecule has 0 saturated carbocycles. The number of rotatable bonds is 6. The first kappa shape index (κ1) is 22.8. The summed E-state index contributed by atoms with van der Waals surface area (Å²) in [5.41, 5.74) is 2.47. The molecule has 1 aliphatic rings. The summed E-state index contributed by atoms with van der Waals surface area (Å²) in [6.07, 6.45) is 1.67. The molecule has 0 unspecified atom stereocenters. The van der Waals surface area contributed by atoms with Gasteiger partial charge in [0.15, 0.2) is 0 Å². The molecule has 4 rings (SSSR count). The van der Waals surface area contributed by atoms with Gasteiger partial charge in [0.2, 0.25) is 0 Å². The van der Waals surface area contributed by atoms with Gasteiger partial charge in [-0.2, -0.15) is 0 Å². The minimum atomic E-state index is -0.374. The Hall–Kier alpha value is -2.42. The van der Waals surface area contributed by atoms with Crippen LogP contribution in [0.4, 0.5) is 9.18 Å². The molecule has 0 radical (unpaired) electrons. The van der Waals surface area contributed by atoms with Gasteiger partial charge in [0, 0.05) is 0 Å². The van der Waals surface area contributed by atoms with Crippen LogP contribution in [0, 0.1) is 5.82 Å². The van der Waals surface area contributed by atoms with Crippen LogP contribution in [-0.4, -0.2) is 16.0 Å². The number of halogens is 3. The molecule has 0 aromatic heterocycles. The number of ether oxygens (including phenoxy) is 1. The van der Waals surface area contributed by atoms with Crippen LogP contribution >= 0.6 is 43.6 Å². The van der Waals surface area contributed by atoms with Crippen LogP contribution in [0.15, 0.2) is 80.6 Å². The lowest BCUT2D eigenvalue weighted by molar-refractivity contribution is -0.123. The highest BCUT2D eigenvalue weighted by Gasteiger charge is 2.35. The number of amides is 2. The normalized spacial score (nSPS) is 15.0. The summed E-state index contributed by atoms with van der Waals surface area (Å²) in [5.74, 6) is -0.0912. The minimum absolute atomic E-state index is 0.0991. The van der Waals surface area contributed by atoms with E-state index in [-0.39, 0.29) is 23.5 Å². The number of hydrogen-bond donors (Lipinski definition) is 0. The van der Waals surface area contributed by atoms with Crippen LogP contribution < -0.4 is 4.74 Å². The van der Waals surface area contributed by atoms with Gasteiger partial charge in [-0.1, -0.05) is 42.5 Å². The zero-order valence-corrected chi connectivity index (χ0v) is 20.5. The molecule has 1 heterocycles. The third kappa shape index (κ3) is 5.31. The number of imide groups is 1. The van der Waals surface area contributed by atoms with E-state index in [9.17, 15) is 14.0 Å². The number of carbonyl (C=O) groups is 2. The average Bonchev–Trinajstić information content (AvgIpc) is 3.02. The molecule has 32 heavy (non-hydrogen) atoms. The maximum Gasteiger partial charge on any atom is 0.293 e. The van der Waals surface area contributed by atoms with Crippen molar-refractivity contribution >= 4 is 60.8 Å². The van der Waals surface area contributed by atoms with Gasteiger partial charge in [0.25, 0.3) is 11.1 Å². The molecule has 0 spiro atoms. The summed E-state index contributed by atoms with van der Waals surface area (Å²) in [6, 6.07) is 19.2. The lowest BCUT2D eigenvalue weighted by Crippen LogP contribution is -2.27. The van der Waals surface area contributed by atoms with Crippen molar-refractivity contribution in [2.24, 2.45) is 0 Å². The quantitative estimate of drug-likeness (QED) is 0.292. The Morgan fingerprint density at radius 2 is 1.59 bits per heavy atom. The topological polar surface area (TPSA) is 46.6 Å². The van der Waals surface area contributed by atoms with Gasteiger partial charge in [-0.05, 0) is 90.7 Å². The number of nitrogens with zero attached hydrogens (tertiary/aromatic N) is 1. The highest BCUT2D eigenvalue weighted by molar-refractivity contribution is 9.11. The van der Waals surface area contributed by atoms with E-state index in [4.69, 9.17) is 4.74 Å². The molecule has 8 heteroatoms. The van der Waals surface area contributed by atoms with Crippen LogP contribution in [0.5, 0.6) is 5.75 Å². The standard InChI is InChI=1S/C24H16Br2FNO3S/c25-19-10-17(11-20(26)22(19)31-14-16-4-2-1-3-5-16)12-21-23(29)28(24(30)32-21)13-15-6-8-18(27)9-7-15/h1-12H,13-14H2/b21-12-. The predicted octanol–water partition coefficient (Wildman–Crippen LogP) is 7.17. The Kier molecular flexibility index (Phi) is 7.13. The van der Waals surface area contributed by atoms with Crippen molar-refractivity contribution in [1.29, 1.82) is 0 Å². The first-order valence-electron chi connectivity index (χ1n) is 9.56. The molecule has 3 aromatic rings. The van der Waals surface area contributed by atoms with Crippen LogP contribution in [-0.2, 0) is 17.9 Å². The van der Waals surface area contributed by atoms with Crippen molar-refractivity contribution in [2.75, 3.05) is 0 Å². The second-order valence-electron chi connectivity index (χ2n) is 6.98. The third-order valence-corrected chi connectivity index (χ3v) is 6.76. The zero-order valence-electron chi connectivity index (χ0n) is 16.6. The molecule has 3 aromatic carbocycles. The maximum absolute atomic E-state index is 13.1. The SMILES string of the molecule is O=C1S/C(=C\c2cc(Br)c(OCc3ccccc3)c(Br)c2)C(=O)N1Cc1ccc(F)cc1. The van der Waals surface area contributed by atoms with Crippen molar-refractivity contribution < 1.29 is 18.7 Å². The Morgan fingerprint density at radius 1 is 0.938 bits per heavy atom. The van der Waals surface area contributed by atoms with Crippen molar-refractivity contribution in [2.45, 2.75) is 13.2 Å². The number of hydrogen-bond acceptors (Lipinski definition) is 4. The molecule has 4 nitrogen and oxygen atoms in total. The molecule has 2 amide bonds. The summed E-state index contributed by atoms with van der Waals surface area (Å²) >= 11 is 7.94. The number of thioether (sulfide) groups is 1. The van der Waals surface area contributed by atoms with E-state index in [0.29, 0.717) is 22.8 Å². The molecule has 0 aliphatic carbocycles. The maximum atomic E-state index is 13.1. The second-order valence-corrected chi connectivity index (χ2v) is 9.68. The van der Waals surface area contributed by atoms with Gasteiger partial charge in [-0.15, -0.1) is 0 Å². The first-order valence-corrected chi connectivity index (χ1v) is 12.0. The van der Waals surface area contributed by atoms with Gasteiger partial charge in [-0.25, -0.2) is 4.39 Å². The van der Waals surface area contributed by atoms with Crippen molar-refractivity contribution in [3.05, 3.63) is 103 Å². The van der Waals surface area contributed by atoms with E-state index in [2.05, 4.69) is 31.9 Å². The lowest BCUT2D eigenvalue weighted by Gasteiger charge is -2.12.